The van der Waals surface area contributed by atoms with Gasteiger partial charge in [0, 0.05) is 18.8 Å². The highest BCUT2D eigenvalue weighted by Crippen LogP contribution is 2.27. The molecule has 1 aromatic heterocycles. The van der Waals surface area contributed by atoms with Crippen LogP contribution in [0.15, 0.2) is 12.3 Å². The fraction of sp³-hybridized carbons (Fsp3) is 0.692. The van der Waals surface area contributed by atoms with Crippen molar-refractivity contribution in [3.63, 3.8) is 0 Å². The van der Waals surface area contributed by atoms with Crippen LogP contribution in [0.2, 0.25) is 0 Å². The summed E-state index contributed by atoms with van der Waals surface area (Å²) in [5, 5.41) is 6.12. The van der Waals surface area contributed by atoms with Crippen molar-refractivity contribution in [1.82, 2.24) is 20.0 Å². The molecule has 1 aliphatic rings. The molecule has 0 aliphatic carbocycles. The third-order valence-corrected chi connectivity index (χ3v) is 3.68. The molecule has 1 saturated heterocycles. The van der Waals surface area contributed by atoms with Gasteiger partial charge in [0.05, 0.1) is 0 Å². The normalized spacial score (nSPS) is 19.9. The maximum atomic E-state index is 12.4. The van der Waals surface area contributed by atoms with Crippen molar-refractivity contribution >= 4 is 5.91 Å². The minimum absolute atomic E-state index is 0.199. The second-order valence-electron chi connectivity index (χ2n) is 5.13. The summed E-state index contributed by atoms with van der Waals surface area (Å²) in [6, 6.07) is 1.19. The van der Waals surface area contributed by atoms with E-state index < -0.39 is 11.9 Å². The predicted octanol–water partition coefficient (Wildman–Crippen LogP) is 1.50. The molecule has 2 heterocycles. The number of nitrogens with zero attached hydrogens (tertiary/aromatic N) is 3. The Hall–Kier alpha value is -1.57. The maximum absolute atomic E-state index is 12.4. The molecule has 0 saturated carbocycles. The molecule has 8 heteroatoms. The third-order valence-electron chi connectivity index (χ3n) is 3.68. The van der Waals surface area contributed by atoms with Crippen LogP contribution < -0.4 is 5.32 Å². The lowest BCUT2D eigenvalue weighted by atomic mass is 10.2. The number of hydrogen-bond acceptors (Lipinski definition) is 3. The summed E-state index contributed by atoms with van der Waals surface area (Å²) in [5.74, 6) is -0.324. The van der Waals surface area contributed by atoms with E-state index >= 15 is 0 Å². The number of carbonyl (C=O) groups is 1. The number of likely N-dealkylation sites (N-methyl/N-ethyl adjacent to an activating group) is 1. The topological polar surface area (TPSA) is 50.2 Å². The van der Waals surface area contributed by atoms with Crippen molar-refractivity contribution < 1.29 is 18.0 Å². The minimum atomic E-state index is -4.48. The Morgan fingerprint density at radius 1 is 1.52 bits per heavy atom. The minimum Gasteiger partial charge on any atom is -0.353 e. The van der Waals surface area contributed by atoms with Crippen LogP contribution in [0, 0.1) is 0 Å². The van der Waals surface area contributed by atoms with E-state index in [0.29, 0.717) is 12.6 Å². The first-order chi connectivity index (χ1) is 9.90. The fourth-order valence-corrected chi connectivity index (χ4v) is 2.58. The highest BCUT2D eigenvalue weighted by atomic mass is 19.4. The zero-order valence-corrected chi connectivity index (χ0v) is 11.9. The van der Waals surface area contributed by atoms with Gasteiger partial charge in [-0.1, -0.05) is 6.92 Å². The van der Waals surface area contributed by atoms with Crippen molar-refractivity contribution in [3.05, 3.63) is 18.0 Å². The van der Waals surface area contributed by atoms with Gasteiger partial charge in [0.1, 0.15) is 6.54 Å². The van der Waals surface area contributed by atoms with Crippen LogP contribution in [-0.2, 0) is 17.5 Å². The summed E-state index contributed by atoms with van der Waals surface area (Å²) >= 11 is 0. The van der Waals surface area contributed by atoms with Crippen molar-refractivity contribution in [2.24, 2.45) is 0 Å². The Morgan fingerprint density at radius 2 is 2.29 bits per heavy atom. The highest BCUT2D eigenvalue weighted by molar-refractivity contribution is 5.75. The first kappa shape index (κ1) is 15.8. The summed E-state index contributed by atoms with van der Waals surface area (Å²) < 4.78 is 38.2. The monoisotopic (exact) mass is 304 g/mol. The first-order valence-corrected chi connectivity index (χ1v) is 7.01. The van der Waals surface area contributed by atoms with Gasteiger partial charge < -0.3 is 5.32 Å². The highest BCUT2D eigenvalue weighted by Gasteiger charge is 2.33. The predicted molar refractivity (Wildman–Crippen MR) is 70.5 cm³/mol. The average molecular weight is 304 g/mol. The summed E-state index contributed by atoms with van der Waals surface area (Å²) in [7, 11) is 0. The molecule has 1 fully saturated rings. The third kappa shape index (κ3) is 4.20. The van der Waals surface area contributed by atoms with Crippen molar-refractivity contribution in [3.8, 4) is 0 Å². The lowest BCUT2D eigenvalue weighted by molar-refractivity contribution is -0.141. The van der Waals surface area contributed by atoms with E-state index in [1.165, 1.54) is 0 Å². The second-order valence-corrected chi connectivity index (χ2v) is 5.13. The van der Waals surface area contributed by atoms with Crippen molar-refractivity contribution in [2.75, 3.05) is 19.6 Å². The largest absolute Gasteiger partial charge is 0.435 e. The molecule has 5 nitrogen and oxygen atoms in total. The summed E-state index contributed by atoms with van der Waals surface area (Å²) in [4.78, 5) is 14.0. The fourth-order valence-electron chi connectivity index (χ4n) is 2.58. The van der Waals surface area contributed by atoms with Crippen LogP contribution in [0.4, 0.5) is 13.2 Å². The van der Waals surface area contributed by atoms with E-state index in [0.717, 1.165) is 42.9 Å². The van der Waals surface area contributed by atoms with E-state index in [4.69, 9.17) is 0 Å². The molecule has 1 amide bonds. The van der Waals surface area contributed by atoms with Gasteiger partial charge in [-0.2, -0.15) is 18.3 Å². The number of carbonyl (C=O) groups excluding carboxylic acids is 1. The molecule has 1 atom stereocenters. The molecule has 1 N–H and O–H groups in total. The van der Waals surface area contributed by atoms with Crippen LogP contribution in [0.1, 0.15) is 25.5 Å². The standard InChI is InChI=1S/C13H19F3N4O/c1-2-19-6-3-4-10(19)8-17-12(21)9-20-7-5-11(18-20)13(14,15)16/h5,7,10H,2-4,6,8-9H2,1H3,(H,17,21)/t10-/m0/s1. The number of rotatable bonds is 5. The quantitative estimate of drug-likeness (QED) is 0.897. The lowest BCUT2D eigenvalue weighted by Gasteiger charge is -2.22. The van der Waals surface area contributed by atoms with E-state index in [9.17, 15) is 18.0 Å². The summed E-state index contributed by atoms with van der Waals surface area (Å²) in [5.41, 5.74) is -0.983. The SMILES string of the molecule is CCN1CCC[C@H]1CNC(=O)Cn1ccc(C(F)(F)F)n1. The molecule has 0 bridgehead atoms. The Labute approximate surface area is 121 Å². The Kier molecular flexibility index (Phi) is 4.87. The van der Waals surface area contributed by atoms with Crippen molar-refractivity contribution in [2.45, 2.75) is 38.5 Å². The Morgan fingerprint density at radius 3 is 2.90 bits per heavy atom. The molecule has 0 aromatic carbocycles. The molecule has 0 spiro atoms. The number of alkyl halides is 3. The van der Waals surface area contributed by atoms with Crippen LogP contribution in [-0.4, -0.2) is 46.3 Å². The van der Waals surface area contributed by atoms with Gasteiger partial charge in [-0.15, -0.1) is 0 Å². The van der Waals surface area contributed by atoms with E-state index in [-0.39, 0.29) is 12.5 Å². The smallest absolute Gasteiger partial charge is 0.353 e. The number of halogens is 3. The molecule has 118 valence electrons. The van der Waals surface area contributed by atoms with Gasteiger partial charge in [-0.25, -0.2) is 0 Å². The van der Waals surface area contributed by atoms with Crippen LogP contribution in [0.5, 0.6) is 0 Å². The second kappa shape index (κ2) is 6.46. The van der Waals surface area contributed by atoms with Gasteiger partial charge in [0.2, 0.25) is 5.91 Å². The zero-order valence-electron chi connectivity index (χ0n) is 11.9. The van der Waals surface area contributed by atoms with Crippen LogP contribution in [0.25, 0.3) is 0 Å². The van der Waals surface area contributed by atoms with E-state index in [1.807, 2.05) is 0 Å². The molecular formula is C13H19F3N4O. The van der Waals surface area contributed by atoms with Crippen LogP contribution >= 0.6 is 0 Å². The van der Waals surface area contributed by atoms with Gasteiger partial charge in [-0.3, -0.25) is 14.4 Å². The molecule has 21 heavy (non-hydrogen) atoms. The number of aromatic nitrogens is 2. The number of nitrogens with one attached hydrogen (secondary N) is 1. The zero-order chi connectivity index (χ0) is 15.5. The average Bonchev–Trinajstić information content (AvgIpc) is 3.03. The summed E-state index contributed by atoms with van der Waals surface area (Å²) in [6.45, 7) is 4.37. The van der Waals surface area contributed by atoms with Crippen molar-refractivity contribution in [1.29, 1.82) is 0 Å². The maximum Gasteiger partial charge on any atom is 0.435 e. The van der Waals surface area contributed by atoms with E-state index in [2.05, 4.69) is 22.2 Å². The molecule has 0 unspecified atom stereocenters. The molecule has 2 rings (SSSR count). The van der Waals surface area contributed by atoms with Gasteiger partial charge in [0.15, 0.2) is 5.69 Å². The molecule has 1 aromatic rings. The number of amides is 1. The number of likely N-dealkylation sites (tertiary alicyclic amines) is 1. The van der Waals surface area contributed by atoms with Gasteiger partial charge >= 0.3 is 6.18 Å². The Bertz CT molecular complexity index is 486. The first-order valence-electron chi connectivity index (χ1n) is 7.01. The number of hydrogen-bond donors (Lipinski definition) is 1. The molecule has 1 aliphatic heterocycles. The van der Waals surface area contributed by atoms with Crippen LogP contribution in [0.3, 0.4) is 0 Å². The van der Waals surface area contributed by atoms with Gasteiger partial charge in [0.25, 0.3) is 0 Å². The molecular weight excluding hydrogens is 285 g/mol. The summed E-state index contributed by atoms with van der Waals surface area (Å²) in [6.07, 6.45) is -1.17. The molecule has 0 radical (unpaired) electrons. The lowest BCUT2D eigenvalue weighted by Crippen LogP contribution is -2.41. The van der Waals surface area contributed by atoms with E-state index in [1.54, 1.807) is 0 Å². The Balaban J connectivity index is 1.81. The van der Waals surface area contributed by atoms with Gasteiger partial charge in [-0.05, 0) is 32.0 Å².